The number of aliphatic hydroxyl groups is 5. The molecule has 0 spiro atoms. The number of amides is 1. The molecule has 3 aliphatic rings. The second-order valence-corrected chi connectivity index (χ2v) is 11.2. The van der Waals surface area contributed by atoms with Gasteiger partial charge in [-0.2, -0.15) is 0 Å². The number of aromatic nitrogens is 2. The molecular formula is C23H32N16O11. The minimum absolute atomic E-state index is 0.181. The normalized spacial score (nSPS) is 36.5. The van der Waals surface area contributed by atoms with Crippen molar-refractivity contribution in [1.29, 1.82) is 0 Å². The first kappa shape index (κ1) is 37.8. The summed E-state index contributed by atoms with van der Waals surface area (Å²) >= 11 is 0. The summed E-state index contributed by atoms with van der Waals surface area (Å²) < 4.78 is 17.9. The smallest absolute Gasteiger partial charge is 0.330 e. The Kier molecular flexibility index (Phi) is 12.9. The molecular weight excluding hydrogens is 676 g/mol. The van der Waals surface area contributed by atoms with Crippen LogP contribution in [0.3, 0.4) is 0 Å². The number of nitrogens with one attached hydrogen (secondary N) is 3. The summed E-state index contributed by atoms with van der Waals surface area (Å²) in [5.74, 6) is -0.916. The predicted octanol–water partition coefficient (Wildman–Crippen LogP) is -2.83. The highest BCUT2D eigenvalue weighted by Gasteiger charge is 2.51. The first-order valence-electron chi connectivity index (χ1n) is 14.8. The molecule has 27 nitrogen and oxygen atoms in total. The molecule has 1 saturated carbocycles. The number of hydrogen-bond acceptors (Lipinski definition) is 16. The Morgan fingerprint density at radius 2 is 1.62 bits per heavy atom. The zero-order chi connectivity index (χ0) is 36.5. The van der Waals surface area contributed by atoms with Crippen molar-refractivity contribution in [3.05, 3.63) is 74.9 Å². The van der Waals surface area contributed by atoms with E-state index in [0.29, 0.717) is 0 Å². The van der Waals surface area contributed by atoms with Gasteiger partial charge in [0.25, 0.3) is 11.5 Å². The quantitative estimate of drug-likeness (QED) is 0.0445. The van der Waals surface area contributed by atoms with Gasteiger partial charge in [-0.15, -0.1) is 0 Å². The molecule has 1 aliphatic carbocycles. The Hall–Kier alpha value is -4.97. The van der Waals surface area contributed by atoms with E-state index in [4.69, 9.17) is 30.8 Å². The second-order valence-electron chi connectivity index (χ2n) is 11.2. The van der Waals surface area contributed by atoms with E-state index in [-0.39, 0.29) is 19.5 Å². The van der Waals surface area contributed by atoms with Gasteiger partial charge in [0.1, 0.15) is 24.4 Å². The standard InChI is InChI=1S/C23H32N16O11/c24-35-30-6-9-14(42)15(43)12(34-38-27)22(48-9)50-18-8(33-37-26)5-7(32-36-25)13(41)11(18)28-2-3-29-20(46)19-16(44)17(45)21(49-19)39-4-1-10(40)31-23(39)47/h1,4,7-9,11-19,21-22,28,41-45H,2-3,5-6H2,(H,29,46)(H,31,40,47)/t7-,8+,9-,11-,12-,13+,14-,15-,16+,17-,18-,19+,21-,22-/m1/s1. The molecule has 8 N–H and O–H groups in total. The highest BCUT2D eigenvalue weighted by atomic mass is 16.7. The number of rotatable bonds is 13. The first-order valence-corrected chi connectivity index (χ1v) is 14.8. The molecule has 3 heterocycles. The lowest BCUT2D eigenvalue weighted by Gasteiger charge is -2.47. The summed E-state index contributed by atoms with van der Waals surface area (Å²) in [5.41, 5.74) is 34.4. The average molecular weight is 709 g/mol. The van der Waals surface area contributed by atoms with E-state index in [1.54, 1.807) is 0 Å². The van der Waals surface area contributed by atoms with Crippen molar-refractivity contribution in [1.82, 2.24) is 20.2 Å². The minimum atomic E-state index is -1.78. The van der Waals surface area contributed by atoms with Crippen molar-refractivity contribution >= 4 is 5.91 Å². The van der Waals surface area contributed by atoms with Gasteiger partial charge in [0, 0.05) is 45.0 Å². The topological polar surface area (TPSA) is 420 Å². The number of carbonyl (C=O) groups is 1. The SMILES string of the molecule is [N-]=[N+]=NC[C@H]1O[C@H](O[C@H]2[C@H](NCCNC(=O)[C@H]3O[C@@H](n4ccc(=O)[nH]c4=O)[C@H](O)[C@@H]3O)[C@@H](O)[C@H](N=[N+]=[N-])C[C@@H]2N=[N+]=[N-])[C@H](N=[N+]=[N-])[C@@H](O)[C@@H]1O. The maximum atomic E-state index is 12.9. The van der Waals surface area contributed by atoms with Gasteiger partial charge in [0.05, 0.1) is 49.1 Å². The van der Waals surface area contributed by atoms with Crippen molar-refractivity contribution in [2.75, 3.05) is 19.6 Å². The zero-order valence-corrected chi connectivity index (χ0v) is 25.6. The minimum Gasteiger partial charge on any atom is -0.391 e. The first-order chi connectivity index (χ1) is 24.0. The molecule has 0 unspecified atom stereocenters. The number of aromatic amines is 1. The molecule has 2 saturated heterocycles. The fourth-order valence-corrected chi connectivity index (χ4v) is 5.86. The molecule has 0 radical (unpaired) electrons. The fraction of sp³-hybridized carbons (Fsp3) is 0.783. The summed E-state index contributed by atoms with van der Waals surface area (Å²) in [7, 11) is 0. The van der Waals surface area contributed by atoms with Crippen LogP contribution >= 0.6 is 0 Å². The van der Waals surface area contributed by atoms with E-state index in [9.17, 15) is 45.4 Å². The van der Waals surface area contributed by atoms with Crippen molar-refractivity contribution < 1.29 is 44.5 Å². The van der Waals surface area contributed by atoms with Crippen LogP contribution in [0.15, 0.2) is 42.3 Å². The van der Waals surface area contributed by atoms with Crippen molar-refractivity contribution in [2.45, 2.75) is 91.9 Å². The summed E-state index contributed by atoms with van der Waals surface area (Å²) in [6.45, 7) is -0.886. The number of nitrogens with zero attached hydrogens (tertiary/aromatic N) is 13. The Labute approximate surface area is 277 Å². The van der Waals surface area contributed by atoms with Crippen LogP contribution in [-0.4, -0.2) is 140 Å². The second kappa shape index (κ2) is 17.1. The van der Waals surface area contributed by atoms with E-state index in [2.05, 4.69) is 50.7 Å². The molecule has 50 heavy (non-hydrogen) atoms. The van der Waals surface area contributed by atoms with Gasteiger partial charge in [-0.1, -0.05) is 20.5 Å². The van der Waals surface area contributed by atoms with E-state index < -0.39 is 109 Å². The van der Waals surface area contributed by atoms with Crippen molar-refractivity contribution in [2.24, 2.45) is 20.5 Å². The molecule has 1 aromatic heterocycles. The highest BCUT2D eigenvalue weighted by Crippen LogP contribution is 2.33. The number of hydrogen-bond donors (Lipinski definition) is 8. The molecule has 14 atom stereocenters. The van der Waals surface area contributed by atoms with Gasteiger partial charge in [0.15, 0.2) is 18.6 Å². The van der Waals surface area contributed by atoms with Crippen LogP contribution in [0.25, 0.3) is 41.8 Å². The summed E-state index contributed by atoms with van der Waals surface area (Å²) in [5, 5.41) is 72.5. The lowest BCUT2D eigenvalue weighted by atomic mass is 9.82. The molecule has 0 bridgehead atoms. The number of ether oxygens (including phenoxy) is 3. The van der Waals surface area contributed by atoms with Crippen molar-refractivity contribution in [3.63, 3.8) is 0 Å². The third-order valence-electron chi connectivity index (χ3n) is 8.27. The third-order valence-corrected chi connectivity index (χ3v) is 8.27. The molecule has 2 aliphatic heterocycles. The number of azide groups is 4. The maximum absolute atomic E-state index is 12.9. The van der Waals surface area contributed by atoms with E-state index in [1.165, 1.54) is 0 Å². The molecule has 1 amide bonds. The number of aliphatic hydroxyl groups excluding tert-OH is 5. The predicted molar refractivity (Wildman–Crippen MR) is 161 cm³/mol. The third kappa shape index (κ3) is 8.24. The van der Waals surface area contributed by atoms with Crippen LogP contribution in [0.1, 0.15) is 12.6 Å². The van der Waals surface area contributed by atoms with Gasteiger partial charge in [0.2, 0.25) is 0 Å². The Bertz CT molecular complexity index is 1680. The number of carbonyl (C=O) groups excluding carboxylic acids is 1. The lowest BCUT2D eigenvalue weighted by molar-refractivity contribution is -0.279. The van der Waals surface area contributed by atoms with Crippen LogP contribution in [0.2, 0.25) is 0 Å². The van der Waals surface area contributed by atoms with E-state index in [0.717, 1.165) is 16.8 Å². The Morgan fingerprint density at radius 3 is 2.28 bits per heavy atom. The highest BCUT2D eigenvalue weighted by molar-refractivity contribution is 5.81. The summed E-state index contributed by atoms with van der Waals surface area (Å²) in [6, 6.07) is -4.22. The van der Waals surface area contributed by atoms with Gasteiger partial charge in [-0.3, -0.25) is 19.1 Å². The Morgan fingerprint density at radius 1 is 0.920 bits per heavy atom. The van der Waals surface area contributed by atoms with E-state index >= 15 is 0 Å². The van der Waals surface area contributed by atoms with Crippen LogP contribution < -0.4 is 21.9 Å². The fourth-order valence-electron chi connectivity index (χ4n) is 5.86. The summed E-state index contributed by atoms with van der Waals surface area (Å²) in [6.07, 6.45) is -15.3. The molecule has 1 aromatic rings. The maximum Gasteiger partial charge on any atom is 0.330 e. The van der Waals surface area contributed by atoms with Crippen LogP contribution in [-0.2, 0) is 19.0 Å². The molecule has 4 rings (SSSR count). The molecule has 270 valence electrons. The Balaban J connectivity index is 1.50. The van der Waals surface area contributed by atoms with Gasteiger partial charge in [-0.05, 0) is 28.5 Å². The number of H-pyrrole nitrogens is 1. The van der Waals surface area contributed by atoms with Gasteiger partial charge >= 0.3 is 5.69 Å². The molecule has 27 heteroatoms. The van der Waals surface area contributed by atoms with Crippen molar-refractivity contribution in [3.8, 4) is 0 Å². The lowest BCUT2D eigenvalue weighted by Crippen LogP contribution is -2.65. The van der Waals surface area contributed by atoms with Crippen LogP contribution in [0, 0.1) is 0 Å². The molecule has 0 aromatic carbocycles. The summed E-state index contributed by atoms with van der Waals surface area (Å²) in [4.78, 5) is 49.1. The van der Waals surface area contributed by atoms with Gasteiger partial charge < -0.3 is 50.4 Å². The monoisotopic (exact) mass is 708 g/mol. The molecule has 3 fully saturated rings. The average Bonchev–Trinajstić information content (AvgIpc) is 3.38. The largest absolute Gasteiger partial charge is 0.391 e. The van der Waals surface area contributed by atoms with Crippen LogP contribution in [0.5, 0.6) is 0 Å². The van der Waals surface area contributed by atoms with Gasteiger partial charge in [-0.25, -0.2) is 4.79 Å². The zero-order valence-electron chi connectivity index (χ0n) is 25.6. The van der Waals surface area contributed by atoms with E-state index in [1.807, 2.05) is 4.98 Å². The van der Waals surface area contributed by atoms with Crippen LogP contribution in [0.4, 0.5) is 0 Å².